The van der Waals surface area contributed by atoms with Crippen LogP contribution in [0.15, 0.2) is 24.3 Å². The van der Waals surface area contributed by atoms with Gasteiger partial charge in [0, 0.05) is 18.5 Å². The summed E-state index contributed by atoms with van der Waals surface area (Å²) >= 11 is 0. The highest BCUT2D eigenvalue weighted by Crippen LogP contribution is 2.28. The summed E-state index contributed by atoms with van der Waals surface area (Å²) in [6, 6.07) is 8.95. The topological polar surface area (TPSA) is 21.3 Å². The van der Waals surface area contributed by atoms with E-state index in [1.165, 1.54) is 5.56 Å². The molecule has 2 atom stereocenters. The van der Waals surface area contributed by atoms with E-state index in [0.717, 1.165) is 25.3 Å². The van der Waals surface area contributed by atoms with E-state index >= 15 is 0 Å². The van der Waals surface area contributed by atoms with E-state index in [4.69, 9.17) is 4.74 Å². The van der Waals surface area contributed by atoms with Crippen LogP contribution in [0.5, 0.6) is 5.75 Å². The summed E-state index contributed by atoms with van der Waals surface area (Å²) in [5, 5.41) is 3.45. The monoisotopic (exact) mass is 263 g/mol. The van der Waals surface area contributed by atoms with Crippen LogP contribution in [0.3, 0.4) is 0 Å². The van der Waals surface area contributed by atoms with Crippen LogP contribution < -0.4 is 10.1 Å². The van der Waals surface area contributed by atoms with Gasteiger partial charge in [0.05, 0.1) is 6.61 Å². The summed E-state index contributed by atoms with van der Waals surface area (Å²) in [6.45, 7) is 12.8. The van der Waals surface area contributed by atoms with Crippen molar-refractivity contribution in [2.45, 2.75) is 53.0 Å². The molecule has 0 bridgehead atoms. The van der Waals surface area contributed by atoms with E-state index in [-0.39, 0.29) is 0 Å². The molecule has 0 amide bonds. The van der Waals surface area contributed by atoms with Gasteiger partial charge in [0.1, 0.15) is 5.75 Å². The predicted octanol–water partition coefficient (Wildman–Crippen LogP) is 4.21. The molecule has 1 aromatic rings. The first-order chi connectivity index (χ1) is 9.04. The van der Waals surface area contributed by atoms with E-state index in [1.807, 2.05) is 0 Å². The Bertz CT molecular complexity index is 362. The molecule has 0 saturated heterocycles. The first kappa shape index (κ1) is 16.0. The quantitative estimate of drug-likeness (QED) is 0.758. The van der Waals surface area contributed by atoms with Crippen molar-refractivity contribution in [2.24, 2.45) is 5.92 Å². The third-order valence-electron chi connectivity index (χ3n) is 3.46. The average molecular weight is 263 g/mol. The van der Waals surface area contributed by atoms with Crippen molar-refractivity contribution in [3.8, 4) is 5.75 Å². The predicted molar refractivity (Wildman–Crippen MR) is 82.9 cm³/mol. The van der Waals surface area contributed by atoms with Crippen molar-refractivity contribution in [2.75, 3.05) is 13.2 Å². The van der Waals surface area contributed by atoms with E-state index < -0.39 is 0 Å². The molecule has 0 aromatic heterocycles. The van der Waals surface area contributed by atoms with Gasteiger partial charge in [-0.25, -0.2) is 0 Å². The third kappa shape index (κ3) is 5.65. The van der Waals surface area contributed by atoms with Crippen LogP contribution in [0.4, 0.5) is 0 Å². The van der Waals surface area contributed by atoms with Gasteiger partial charge in [0.25, 0.3) is 0 Å². The second kappa shape index (κ2) is 8.21. The molecule has 0 fully saturated rings. The molecule has 2 nitrogen and oxygen atoms in total. The number of rotatable bonds is 8. The molecule has 2 unspecified atom stereocenters. The maximum Gasteiger partial charge on any atom is 0.122 e. The zero-order valence-corrected chi connectivity index (χ0v) is 13.1. The summed E-state index contributed by atoms with van der Waals surface area (Å²) in [4.78, 5) is 0. The summed E-state index contributed by atoms with van der Waals surface area (Å²) in [5.41, 5.74) is 1.33. The van der Waals surface area contributed by atoms with E-state index in [9.17, 15) is 0 Å². The van der Waals surface area contributed by atoms with Crippen molar-refractivity contribution in [3.63, 3.8) is 0 Å². The first-order valence-electron chi connectivity index (χ1n) is 7.49. The van der Waals surface area contributed by atoms with Crippen LogP contribution in [0.2, 0.25) is 0 Å². The van der Waals surface area contributed by atoms with Crippen LogP contribution in [0, 0.1) is 5.92 Å². The molecule has 1 N–H and O–H groups in total. The molecule has 19 heavy (non-hydrogen) atoms. The lowest BCUT2D eigenvalue weighted by molar-refractivity contribution is 0.250. The van der Waals surface area contributed by atoms with E-state index in [2.05, 4.69) is 64.2 Å². The Kier molecular flexibility index (Phi) is 6.93. The SMILES string of the molecule is CCC(C)c1ccccc1OCC(C)CNC(C)C. The number of ether oxygens (including phenoxy) is 1. The van der Waals surface area contributed by atoms with Crippen LogP contribution >= 0.6 is 0 Å². The summed E-state index contributed by atoms with van der Waals surface area (Å²) in [5.74, 6) is 2.13. The van der Waals surface area contributed by atoms with Crippen molar-refractivity contribution >= 4 is 0 Å². The Balaban J connectivity index is 2.53. The lowest BCUT2D eigenvalue weighted by Crippen LogP contribution is -2.30. The van der Waals surface area contributed by atoms with Crippen LogP contribution in [0.1, 0.15) is 52.5 Å². The molecule has 0 spiro atoms. The summed E-state index contributed by atoms with van der Waals surface area (Å²) < 4.78 is 6.01. The van der Waals surface area contributed by atoms with Crippen molar-refractivity contribution < 1.29 is 4.74 Å². The number of benzene rings is 1. The van der Waals surface area contributed by atoms with Gasteiger partial charge in [-0.1, -0.05) is 52.8 Å². The Hall–Kier alpha value is -1.02. The minimum Gasteiger partial charge on any atom is -0.493 e. The van der Waals surface area contributed by atoms with Gasteiger partial charge in [-0.2, -0.15) is 0 Å². The number of para-hydroxylation sites is 1. The molecule has 0 aliphatic rings. The molecule has 1 aromatic carbocycles. The van der Waals surface area contributed by atoms with E-state index in [1.54, 1.807) is 0 Å². The maximum atomic E-state index is 6.01. The minimum absolute atomic E-state index is 0.521. The Morgan fingerprint density at radius 1 is 1.11 bits per heavy atom. The zero-order chi connectivity index (χ0) is 14.3. The molecular weight excluding hydrogens is 234 g/mol. The molecule has 0 aliphatic heterocycles. The normalized spacial score (nSPS) is 14.4. The highest BCUT2D eigenvalue weighted by Gasteiger charge is 2.11. The minimum atomic E-state index is 0.521. The van der Waals surface area contributed by atoms with Gasteiger partial charge < -0.3 is 10.1 Å². The lowest BCUT2D eigenvalue weighted by Gasteiger charge is -2.19. The third-order valence-corrected chi connectivity index (χ3v) is 3.46. The molecule has 1 rings (SSSR count). The van der Waals surface area contributed by atoms with Gasteiger partial charge in [0.15, 0.2) is 0 Å². The standard InChI is InChI=1S/C17H29NO/c1-6-15(5)16-9-7-8-10-17(16)19-12-14(4)11-18-13(2)3/h7-10,13-15,18H,6,11-12H2,1-5H3. The fourth-order valence-corrected chi connectivity index (χ4v) is 1.97. The van der Waals surface area contributed by atoms with Gasteiger partial charge in [-0.05, 0) is 24.0 Å². The Morgan fingerprint density at radius 2 is 1.79 bits per heavy atom. The number of nitrogens with one attached hydrogen (secondary N) is 1. The van der Waals surface area contributed by atoms with Gasteiger partial charge in [-0.15, -0.1) is 0 Å². The van der Waals surface area contributed by atoms with Gasteiger partial charge >= 0.3 is 0 Å². The molecule has 108 valence electrons. The van der Waals surface area contributed by atoms with Crippen molar-refractivity contribution in [1.82, 2.24) is 5.32 Å². The summed E-state index contributed by atoms with van der Waals surface area (Å²) in [6.07, 6.45) is 1.14. The van der Waals surface area contributed by atoms with Gasteiger partial charge in [-0.3, -0.25) is 0 Å². The van der Waals surface area contributed by atoms with E-state index in [0.29, 0.717) is 17.9 Å². The Morgan fingerprint density at radius 3 is 2.42 bits per heavy atom. The molecule has 0 radical (unpaired) electrons. The molecule has 0 saturated carbocycles. The molecule has 2 heteroatoms. The van der Waals surface area contributed by atoms with Gasteiger partial charge in [0.2, 0.25) is 0 Å². The largest absolute Gasteiger partial charge is 0.493 e. The lowest BCUT2D eigenvalue weighted by atomic mass is 9.98. The molecule has 0 heterocycles. The smallest absolute Gasteiger partial charge is 0.122 e. The fraction of sp³-hybridized carbons (Fsp3) is 0.647. The Labute approximate surface area is 118 Å². The first-order valence-corrected chi connectivity index (χ1v) is 7.49. The highest BCUT2D eigenvalue weighted by atomic mass is 16.5. The van der Waals surface area contributed by atoms with Crippen molar-refractivity contribution in [3.05, 3.63) is 29.8 Å². The number of hydrogen-bond acceptors (Lipinski definition) is 2. The van der Waals surface area contributed by atoms with Crippen molar-refractivity contribution in [1.29, 1.82) is 0 Å². The number of hydrogen-bond donors (Lipinski definition) is 1. The highest BCUT2D eigenvalue weighted by molar-refractivity contribution is 5.35. The fourth-order valence-electron chi connectivity index (χ4n) is 1.97. The second-order valence-electron chi connectivity index (χ2n) is 5.83. The second-order valence-corrected chi connectivity index (χ2v) is 5.83. The zero-order valence-electron chi connectivity index (χ0n) is 13.1. The average Bonchev–Trinajstić information content (AvgIpc) is 2.42. The molecule has 0 aliphatic carbocycles. The van der Waals surface area contributed by atoms with Crippen LogP contribution in [-0.2, 0) is 0 Å². The summed E-state index contributed by atoms with van der Waals surface area (Å²) in [7, 11) is 0. The van der Waals surface area contributed by atoms with Crippen LogP contribution in [0.25, 0.3) is 0 Å². The van der Waals surface area contributed by atoms with Crippen LogP contribution in [-0.4, -0.2) is 19.2 Å². The molecular formula is C17H29NO. The maximum absolute atomic E-state index is 6.01.